The lowest BCUT2D eigenvalue weighted by molar-refractivity contribution is -0.261. The third-order valence-corrected chi connectivity index (χ3v) is 8.55. The second-order valence-electron chi connectivity index (χ2n) is 10.5. The van der Waals surface area contributed by atoms with E-state index in [2.05, 4.69) is 15.2 Å². The molecule has 1 aromatic heterocycles. The largest absolute Gasteiger partial charge is 0.406 e. The Bertz CT molecular complexity index is 1150. The Kier molecular flexibility index (Phi) is 6.27. The molecule has 0 bridgehead atoms. The summed E-state index contributed by atoms with van der Waals surface area (Å²) >= 11 is 0. The lowest BCUT2D eigenvalue weighted by atomic mass is 9.73. The Morgan fingerprint density at radius 2 is 1.84 bits per heavy atom. The molecule has 1 amide bonds. The maximum absolute atomic E-state index is 14.0. The Hall–Kier alpha value is -2.85. The molecular formula is C27H32F3N5O2. The van der Waals surface area contributed by atoms with Gasteiger partial charge in [-0.05, 0) is 69.5 Å². The number of amides is 1. The molecule has 10 heteroatoms. The number of carbonyl (C=O) groups excluding carboxylic acids is 1. The first-order valence-electron chi connectivity index (χ1n) is 13.2. The molecule has 1 saturated carbocycles. The van der Waals surface area contributed by atoms with Crippen LogP contribution in [0.15, 0.2) is 36.5 Å². The molecule has 3 fully saturated rings. The summed E-state index contributed by atoms with van der Waals surface area (Å²) < 4.78 is 47.2. The van der Waals surface area contributed by atoms with E-state index >= 15 is 0 Å². The topological polar surface area (TPSA) is 60.9 Å². The average molecular weight is 516 g/mol. The van der Waals surface area contributed by atoms with Crippen LogP contribution < -0.4 is 15.1 Å². The molecule has 198 valence electrons. The number of rotatable bonds is 3. The van der Waals surface area contributed by atoms with Gasteiger partial charge in [-0.2, -0.15) is 13.2 Å². The molecule has 6 rings (SSSR count). The van der Waals surface area contributed by atoms with Gasteiger partial charge in [-0.15, -0.1) is 0 Å². The minimum absolute atomic E-state index is 0.0341. The van der Waals surface area contributed by atoms with Crippen molar-refractivity contribution in [2.24, 2.45) is 5.92 Å². The van der Waals surface area contributed by atoms with Gasteiger partial charge >= 0.3 is 6.18 Å². The van der Waals surface area contributed by atoms with Gasteiger partial charge in [0, 0.05) is 36.5 Å². The van der Waals surface area contributed by atoms with Crippen molar-refractivity contribution in [1.29, 1.82) is 0 Å². The second kappa shape index (κ2) is 9.47. The normalized spacial score (nSPS) is 22.4. The summed E-state index contributed by atoms with van der Waals surface area (Å²) in [5, 5.41) is 3.40. The van der Waals surface area contributed by atoms with E-state index in [0.717, 1.165) is 35.7 Å². The van der Waals surface area contributed by atoms with E-state index in [1.165, 1.54) is 0 Å². The van der Waals surface area contributed by atoms with Crippen LogP contribution >= 0.6 is 0 Å². The summed E-state index contributed by atoms with van der Waals surface area (Å²) in [6.07, 6.45) is -0.725. The Morgan fingerprint density at radius 1 is 1.08 bits per heavy atom. The van der Waals surface area contributed by atoms with Crippen molar-refractivity contribution in [3.63, 3.8) is 0 Å². The first-order valence-corrected chi connectivity index (χ1v) is 13.2. The van der Waals surface area contributed by atoms with Crippen molar-refractivity contribution in [1.82, 2.24) is 9.88 Å². The summed E-state index contributed by atoms with van der Waals surface area (Å²) in [4.78, 5) is 24.1. The summed E-state index contributed by atoms with van der Waals surface area (Å²) in [6, 6.07) is 9.88. The number of fused-ring (bicyclic) bond motifs is 2. The van der Waals surface area contributed by atoms with E-state index in [9.17, 15) is 18.0 Å². The van der Waals surface area contributed by atoms with Gasteiger partial charge in [-0.1, -0.05) is 6.07 Å². The van der Waals surface area contributed by atoms with Crippen LogP contribution in [0.4, 0.5) is 36.1 Å². The van der Waals surface area contributed by atoms with Crippen molar-refractivity contribution in [2.45, 2.75) is 50.4 Å². The zero-order chi connectivity index (χ0) is 25.6. The number of carbonyl (C=O) groups is 1. The highest BCUT2D eigenvalue weighted by Crippen LogP contribution is 2.50. The molecule has 3 aliphatic heterocycles. The Labute approximate surface area is 214 Å². The van der Waals surface area contributed by atoms with Crippen molar-refractivity contribution in [2.75, 3.05) is 54.5 Å². The number of likely N-dealkylation sites (tertiary alicyclic amines) is 1. The minimum atomic E-state index is -4.23. The third-order valence-electron chi connectivity index (χ3n) is 8.55. The van der Waals surface area contributed by atoms with Crippen molar-refractivity contribution >= 4 is 28.8 Å². The van der Waals surface area contributed by atoms with Crippen molar-refractivity contribution < 1.29 is 22.7 Å². The van der Waals surface area contributed by atoms with Crippen LogP contribution in [0.25, 0.3) is 0 Å². The van der Waals surface area contributed by atoms with Crippen LogP contribution in [-0.2, 0) is 16.1 Å². The second-order valence-corrected chi connectivity index (χ2v) is 10.5. The molecule has 7 nitrogen and oxygen atoms in total. The molecule has 2 saturated heterocycles. The first-order chi connectivity index (χ1) is 17.9. The molecule has 0 unspecified atom stereocenters. The molecule has 2 aromatic rings. The maximum atomic E-state index is 14.0. The van der Waals surface area contributed by atoms with Gasteiger partial charge in [0.2, 0.25) is 5.91 Å². The molecule has 4 heterocycles. The molecule has 0 atom stereocenters. The van der Waals surface area contributed by atoms with Gasteiger partial charge in [-0.3, -0.25) is 9.69 Å². The van der Waals surface area contributed by atoms with Crippen LogP contribution in [0.1, 0.15) is 37.7 Å². The Balaban J connectivity index is 1.27. The van der Waals surface area contributed by atoms with Crippen LogP contribution in [0.5, 0.6) is 0 Å². The SMILES string of the molecule is O=C(C1CCN(C2(C(F)(F)F)CCC2)CC1)N1Cc2cccnc2Nc2ccc(N3CCOCC3)cc21. The maximum Gasteiger partial charge on any atom is 0.406 e. The van der Waals surface area contributed by atoms with Gasteiger partial charge in [-0.25, -0.2) is 4.98 Å². The zero-order valence-electron chi connectivity index (χ0n) is 20.8. The summed E-state index contributed by atoms with van der Waals surface area (Å²) in [7, 11) is 0. The third kappa shape index (κ3) is 4.33. The fraction of sp³-hybridized carbons (Fsp3) is 0.556. The number of alkyl halides is 3. The van der Waals surface area contributed by atoms with Crippen LogP contribution in [0.2, 0.25) is 0 Å². The van der Waals surface area contributed by atoms with Gasteiger partial charge in [0.15, 0.2) is 0 Å². The predicted molar refractivity (Wildman–Crippen MR) is 135 cm³/mol. The van der Waals surface area contributed by atoms with Gasteiger partial charge in [0.25, 0.3) is 0 Å². The molecule has 1 aromatic carbocycles. The highest BCUT2D eigenvalue weighted by Gasteiger charge is 2.61. The van der Waals surface area contributed by atoms with Crippen molar-refractivity contribution in [3.8, 4) is 0 Å². The standard InChI is InChI=1S/C27H32F3N5O2/c28-27(29,30)26(8-2-9-26)34-11-6-19(7-12-34)25(36)35-18-20-3-1-10-31-24(20)32-22-5-4-21(17-23(22)35)33-13-15-37-16-14-33/h1,3-5,10,17,19H,2,6-9,11-16,18H2,(H,31,32). The quantitative estimate of drug-likeness (QED) is 0.639. The molecule has 0 spiro atoms. The predicted octanol–water partition coefficient (Wildman–Crippen LogP) is 4.71. The van der Waals surface area contributed by atoms with Gasteiger partial charge in [0.1, 0.15) is 11.4 Å². The fourth-order valence-corrected chi connectivity index (χ4v) is 6.19. The number of benzene rings is 1. The monoisotopic (exact) mass is 515 g/mol. The van der Waals surface area contributed by atoms with E-state index in [-0.39, 0.29) is 24.7 Å². The number of hydrogen-bond acceptors (Lipinski definition) is 6. The number of pyridine rings is 1. The number of nitrogens with one attached hydrogen (secondary N) is 1. The highest BCUT2D eigenvalue weighted by molar-refractivity contribution is 6.00. The lowest BCUT2D eigenvalue weighted by Gasteiger charge is -2.53. The van der Waals surface area contributed by atoms with Crippen LogP contribution in [0.3, 0.4) is 0 Å². The van der Waals surface area contributed by atoms with Crippen LogP contribution in [-0.4, -0.2) is 66.9 Å². The van der Waals surface area contributed by atoms with E-state index in [4.69, 9.17) is 4.74 Å². The van der Waals surface area contributed by atoms with Gasteiger partial charge < -0.3 is 19.9 Å². The van der Waals surface area contributed by atoms with E-state index in [1.54, 1.807) is 11.1 Å². The number of piperidine rings is 1. The molecule has 0 radical (unpaired) electrons. The van der Waals surface area contributed by atoms with Crippen LogP contribution in [0, 0.1) is 5.92 Å². The molecule has 1 aliphatic carbocycles. The first kappa shape index (κ1) is 24.5. The number of morpholine rings is 1. The number of aromatic nitrogens is 1. The highest BCUT2D eigenvalue weighted by atomic mass is 19.4. The fourth-order valence-electron chi connectivity index (χ4n) is 6.19. The zero-order valence-corrected chi connectivity index (χ0v) is 20.8. The minimum Gasteiger partial charge on any atom is -0.378 e. The smallest absolute Gasteiger partial charge is 0.378 e. The number of ether oxygens (including phenoxy) is 1. The summed E-state index contributed by atoms with van der Waals surface area (Å²) in [5.41, 5.74) is 1.80. The molecule has 37 heavy (non-hydrogen) atoms. The molecular weight excluding hydrogens is 483 g/mol. The molecule has 1 N–H and O–H groups in total. The lowest BCUT2D eigenvalue weighted by Crippen LogP contribution is -2.64. The summed E-state index contributed by atoms with van der Waals surface area (Å²) in [6.45, 7) is 3.82. The average Bonchev–Trinajstić information content (AvgIpc) is 3.04. The van der Waals surface area contributed by atoms with E-state index in [1.807, 2.05) is 35.2 Å². The van der Waals surface area contributed by atoms with E-state index in [0.29, 0.717) is 57.9 Å². The number of nitrogens with zero attached hydrogens (tertiary/aromatic N) is 4. The number of halogens is 3. The van der Waals surface area contributed by atoms with E-state index < -0.39 is 11.7 Å². The van der Waals surface area contributed by atoms with Gasteiger partial charge in [0.05, 0.1) is 31.1 Å². The number of hydrogen-bond donors (Lipinski definition) is 1. The van der Waals surface area contributed by atoms with Crippen molar-refractivity contribution in [3.05, 3.63) is 42.1 Å². The number of anilines is 4. The Morgan fingerprint density at radius 3 is 2.51 bits per heavy atom. The molecule has 4 aliphatic rings. The summed E-state index contributed by atoms with van der Waals surface area (Å²) in [5.74, 6) is 0.359.